The fourth-order valence-electron chi connectivity index (χ4n) is 4.66. The number of benzene rings is 4. The number of carbonyl (C=O) groups is 2. The van der Waals surface area contributed by atoms with Gasteiger partial charge < -0.3 is 10.4 Å². The van der Waals surface area contributed by atoms with Gasteiger partial charge in [0.1, 0.15) is 6.04 Å². The van der Waals surface area contributed by atoms with Gasteiger partial charge in [-0.2, -0.15) is 11.8 Å². The number of aryl methyl sites for hydroxylation is 3. The molecule has 0 bridgehead atoms. The van der Waals surface area contributed by atoms with Crippen molar-refractivity contribution in [2.45, 2.75) is 38.6 Å². The third kappa shape index (κ3) is 7.54. The molecule has 4 rings (SSSR count). The van der Waals surface area contributed by atoms with Crippen molar-refractivity contribution in [1.82, 2.24) is 5.32 Å². The molecule has 2 N–H and O–H groups in total. The number of amides is 1. The minimum atomic E-state index is -1.01. The van der Waals surface area contributed by atoms with E-state index in [2.05, 4.69) is 53.8 Å². The Bertz CT molecular complexity index is 1400. The average Bonchev–Trinajstić information content (AvgIpc) is 2.91. The van der Waals surface area contributed by atoms with E-state index in [0.29, 0.717) is 17.7 Å². The van der Waals surface area contributed by atoms with Crippen LogP contribution in [0.5, 0.6) is 0 Å². The van der Waals surface area contributed by atoms with Crippen LogP contribution in [0.1, 0.15) is 39.9 Å². The van der Waals surface area contributed by atoms with Gasteiger partial charge in [0.15, 0.2) is 0 Å². The van der Waals surface area contributed by atoms with Crippen molar-refractivity contribution >= 4 is 34.4 Å². The first-order valence-corrected chi connectivity index (χ1v) is 14.0. The van der Waals surface area contributed by atoms with Crippen LogP contribution >= 0.6 is 11.8 Å². The first-order chi connectivity index (χ1) is 18.0. The molecule has 0 fully saturated rings. The molecule has 0 saturated carbocycles. The summed E-state index contributed by atoms with van der Waals surface area (Å²) < 4.78 is 0. The number of fused-ring (bicyclic) bond motifs is 1. The SMILES string of the molecule is CSCCC(NC(=O)c1ccc(CCCc2ccc3ccccc3c2)cc1-c1ccccc1C)C(=O)O.[Li+]. The van der Waals surface area contributed by atoms with Gasteiger partial charge in [-0.15, -0.1) is 0 Å². The van der Waals surface area contributed by atoms with Gasteiger partial charge in [0.2, 0.25) is 0 Å². The minimum absolute atomic E-state index is 0. The van der Waals surface area contributed by atoms with Crippen LogP contribution in [0.2, 0.25) is 0 Å². The summed E-state index contributed by atoms with van der Waals surface area (Å²) in [6.45, 7) is 2.03. The molecule has 0 heterocycles. The van der Waals surface area contributed by atoms with Crippen molar-refractivity contribution in [2.24, 2.45) is 0 Å². The Morgan fingerprint density at radius 3 is 2.21 bits per heavy atom. The molecule has 0 saturated heterocycles. The molecule has 6 heteroatoms. The van der Waals surface area contributed by atoms with Gasteiger partial charge in [-0.25, -0.2) is 4.79 Å². The molecule has 38 heavy (non-hydrogen) atoms. The van der Waals surface area contributed by atoms with E-state index in [0.717, 1.165) is 41.5 Å². The molecule has 4 aromatic carbocycles. The standard InChI is InChI=1S/C32H33NO3S.Li/c1-22-8-3-6-13-27(22)29-21-24(10-7-9-23-14-16-25-11-4-5-12-26(25)20-23)15-17-28(29)31(34)33-30(32(35)36)18-19-37-2;/h3-6,8,11-17,20-21,30H,7,9-10,18-19H2,1-2H3,(H,33,34)(H,35,36);/q;+1. The number of rotatable bonds is 11. The number of carbonyl (C=O) groups excluding carboxylic acids is 1. The number of nitrogens with one attached hydrogen (secondary N) is 1. The summed E-state index contributed by atoms with van der Waals surface area (Å²) in [6.07, 6.45) is 5.17. The first kappa shape index (κ1) is 29.6. The number of carboxylic acids is 1. The van der Waals surface area contributed by atoms with Gasteiger partial charge in [-0.1, -0.05) is 78.9 Å². The van der Waals surface area contributed by atoms with Crippen LogP contribution in [-0.4, -0.2) is 35.0 Å². The van der Waals surface area contributed by atoms with E-state index in [1.165, 1.54) is 16.3 Å². The van der Waals surface area contributed by atoms with E-state index in [4.69, 9.17) is 0 Å². The predicted octanol–water partition coefficient (Wildman–Crippen LogP) is 3.93. The smallest absolute Gasteiger partial charge is 0.480 e. The van der Waals surface area contributed by atoms with Crippen molar-refractivity contribution in [3.8, 4) is 11.1 Å². The molecular formula is C32H33LiNO3S+. The molecular weight excluding hydrogens is 485 g/mol. The van der Waals surface area contributed by atoms with Crippen molar-refractivity contribution in [2.75, 3.05) is 12.0 Å². The predicted molar refractivity (Wildman–Crippen MR) is 154 cm³/mol. The largest absolute Gasteiger partial charge is 1.00 e. The van der Waals surface area contributed by atoms with Gasteiger partial charge in [0.25, 0.3) is 5.91 Å². The Morgan fingerprint density at radius 1 is 0.842 bits per heavy atom. The Labute approximate surface area is 241 Å². The number of hydrogen-bond acceptors (Lipinski definition) is 3. The van der Waals surface area contributed by atoms with Gasteiger partial charge in [-0.05, 0) is 89.3 Å². The van der Waals surface area contributed by atoms with Crippen LogP contribution in [0.15, 0.2) is 84.9 Å². The molecule has 4 nitrogen and oxygen atoms in total. The normalized spacial score (nSPS) is 11.5. The topological polar surface area (TPSA) is 66.4 Å². The summed E-state index contributed by atoms with van der Waals surface area (Å²) in [4.78, 5) is 25.0. The zero-order valence-corrected chi connectivity index (χ0v) is 23.2. The second-order valence-corrected chi connectivity index (χ2v) is 10.4. The van der Waals surface area contributed by atoms with Crippen molar-refractivity contribution in [1.29, 1.82) is 0 Å². The van der Waals surface area contributed by atoms with Gasteiger partial charge in [-0.3, -0.25) is 4.79 Å². The molecule has 0 aliphatic rings. The van der Waals surface area contributed by atoms with Crippen LogP contribution in [0.25, 0.3) is 21.9 Å². The minimum Gasteiger partial charge on any atom is -0.480 e. The summed E-state index contributed by atoms with van der Waals surface area (Å²) >= 11 is 1.57. The summed E-state index contributed by atoms with van der Waals surface area (Å²) in [5, 5.41) is 14.9. The monoisotopic (exact) mass is 518 g/mol. The van der Waals surface area contributed by atoms with Crippen molar-refractivity contribution in [3.05, 3.63) is 107 Å². The van der Waals surface area contributed by atoms with Crippen LogP contribution in [0.3, 0.4) is 0 Å². The van der Waals surface area contributed by atoms with Crippen LogP contribution in [-0.2, 0) is 17.6 Å². The van der Waals surface area contributed by atoms with E-state index >= 15 is 0 Å². The summed E-state index contributed by atoms with van der Waals surface area (Å²) in [6, 6.07) is 28.1. The molecule has 0 aliphatic heterocycles. The van der Waals surface area contributed by atoms with Crippen molar-refractivity contribution < 1.29 is 33.6 Å². The fourth-order valence-corrected chi connectivity index (χ4v) is 5.13. The molecule has 4 aromatic rings. The Hall–Kier alpha value is -2.97. The first-order valence-electron chi connectivity index (χ1n) is 12.7. The molecule has 1 amide bonds. The Kier molecular flexibility index (Phi) is 11.1. The molecule has 1 atom stereocenters. The number of hydrogen-bond donors (Lipinski definition) is 2. The van der Waals surface area contributed by atoms with Crippen LogP contribution in [0.4, 0.5) is 0 Å². The van der Waals surface area contributed by atoms with Crippen molar-refractivity contribution in [3.63, 3.8) is 0 Å². The summed E-state index contributed by atoms with van der Waals surface area (Å²) in [7, 11) is 0. The molecule has 0 radical (unpaired) electrons. The Morgan fingerprint density at radius 2 is 1.50 bits per heavy atom. The summed E-state index contributed by atoms with van der Waals surface area (Å²) in [5.74, 6) is -0.697. The number of carboxylic acid groups (broad SMARTS) is 1. The molecule has 0 aromatic heterocycles. The van der Waals surface area contributed by atoms with Gasteiger partial charge >= 0.3 is 24.8 Å². The van der Waals surface area contributed by atoms with Gasteiger partial charge in [0.05, 0.1) is 0 Å². The zero-order valence-electron chi connectivity index (χ0n) is 22.4. The van der Waals surface area contributed by atoms with E-state index in [1.54, 1.807) is 11.8 Å². The third-order valence-electron chi connectivity index (χ3n) is 6.72. The maximum absolute atomic E-state index is 13.3. The van der Waals surface area contributed by atoms with Crippen LogP contribution in [0, 0.1) is 6.92 Å². The molecule has 190 valence electrons. The summed E-state index contributed by atoms with van der Waals surface area (Å²) in [5.41, 5.74) is 5.88. The average molecular weight is 519 g/mol. The van der Waals surface area contributed by atoms with Gasteiger partial charge in [0, 0.05) is 5.56 Å². The third-order valence-corrected chi connectivity index (χ3v) is 7.37. The fraction of sp³-hybridized carbons (Fsp3) is 0.250. The van der Waals surface area contributed by atoms with E-state index in [1.807, 2.05) is 49.6 Å². The van der Waals surface area contributed by atoms with E-state index in [-0.39, 0.29) is 24.8 Å². The van der Waals surface area contributed by atoms with E-state index < -0.39 is 12.0 Å². The molecule has 1 unspecified atom stereocenters. The van der Waals surface area contributed by atoms with E-state index in [9.17, 15) is 14.7 Å². The maximum atomic E-state index is 13.3. The maximum Gasteiger partial charge on any atom is 1.00 e. The second kappa shape index (κ2) is 14.3. The molecule has 0 spiro atoms. The zero-order chi connectivity index (χ0) is 26.2. The molecule has 0 aliphatic carbocycles. The number of aliphatic carboxylic acids is 1. The van der Waals surface area contributed by atoms with Crippen LogP contribution < -0.4 is 24.2 Å². The Balaban J connectivity index is 0.00000400. The number of thioether (sulfide) groups is 1. The quantitative estimate of drug-likeness (QED) is 0.295. The second-order valence-electron chi connectivity index (χ2n) is 9.38.